The maximum Gasteiger partial charge on any atom is 0.340 e. The molecule has 31 heavy (non-hydrogen) atoms. The van der Waals surface area contributed by atoms with Crippen LogP contribution in [0.1, 0.15) is 42.1 Å². The number of nitrogens with one attached hydrogen (secondary N) is 1. The lowest BCUT2D eigenvalue weighted by molar-refractivity contribution is -0.123. The van der Waals surface area contributed by atoms with Crippen LogP contribution in [-0.4, -0.2) is 43.8 Å². The van der Waals surface area contributed by atoms with Gasteiger partial charge in [-0.3, -0.25) is 4.79 Å². The highest BCUT2D eigenvalue weighted by atomic mass is 35.5. The van der Waals surface area contributed by atoms with Gasteiger partial charge in [0.1, 0.15) is 11.1 Å². The highest BCUT2D eigenvalue weighted by Crippen LogP contribution is 2.26. The van der Waals surface area contributed by atoms with Crippen LogP contribution < -0.4 is 5.32 Å². The van der Waals surface area contributed by atoms with E-state index in [2.05, 4.69) is 5.32 Å². The van der Waals surface area contributed by atoms with Crippen molar-refractivity contribution in [3.8, 4) is 6.07 Å². The number of halogens is 1. The third kappa shape index (κ3) is 5.25. The number of nitrogens with zero attached hydrogens (tertiary/aromatic N) is 2. The Morgan fingerprint density at radius 3 is 2.65 bits per heavy atom. The highest BCUT2D eigenvalue weighted by Gasteiger charge is 2.28. The Hall–Kier alpha value is -2.45. The summed E-state index contributed by atoms with van der Waals surface area (Å²) in [6.45, 7) is 2.22. The van der Waals surface area contributed by atoms with Gasteiger partial charge in [0.05, 0.1) is 21.0 Å². The number of benzene rings is 1. The molecule has 164 valence electrons. The van der Waals surface area contributed by atoms with Crippen LogP contribution in [0, 0.1) is 11.3 Å². The first kappa shape index (κ1) is 23.2. The summed E-state index contributed by atoms with van der Waals surface area (Å²) in [5.41, 5.74) is 0.156. The number of hydrogen-bond acceptors (Lipinski definition) is 7. The molecular formula is C20H20ClN3O5S2. The van der Waals surface area contributed by atoms with Gasteiger partial charge in [0.25, 0.3) is 5.91 Å². The second-order valence-electron chi connectivity index (χ2n) is 6.92. The summed E-state index contributed by atoms with van der Waals surface area (Å²) in [6.07, 6.45) is 1.35. The van der Waals surface area contributed by atoms with Crippen molar-refractivity contribution in [1.82, 2.24) is 4.31 Å². The van der Waals surface area contributed by atoms with Crippen LogP contribution in [0.4, 0.5) is 5.00 Å². The molecule has 1 fully saturated rings. The molecular weight excluding hydrogens is 462 g/mol. The fourth-order valence-electron chi connectivity index (χ4n) is 3.06. The molecule has 0 saturated carbocycles. The number of ether oxygens (including phenoxy) is 1. The van der Waals surface area contributed by atoms with Crippen molar-refractivity contribution < 1.29 is 22.7 Å². The van der Waals surface area contributed by atoms with E-state index in [-0.39, 0.29) is 15.5 Å². The van der Waals surface area contributed by atoms with Crippen molar-refractivity contribution in [3.63, 3.8) is 0 Å². The van der Waals surface area contributed by atoms with E-state index in [1.54, 1.807) is 11.4 Å². The number of thiophene rings is 1. The van der Waals surface area contributed by atoms with Gasteiger partial charge < -0.3 is 10.1 Å². The fourth-order valence-corrected chi connectivity index (χ4v) is 5.54. The minimum atomic E-state index is -3.76. The lowest BCUT2D eigenvalue weighted by Crippen LogP contribution is -2.35. The number of carbonyl (C=O) groups is 2. The van der Waals surface area contributed by atoms with E-state index >= 15 is 0 Å². The molecule has 0 radical (unpaired) electrons. The summed E-state index contributed by atoms with van der Waals surface area (Å²) in [7, 11) is -3.76. The summed E-state index contributed by atoms with van der Waals surface area (Å²) in [5, 5.41) is 13.6. The van der Waals surface area contributed by atoms with Gasteiger partial charge in [0.2, 0.25) is 10.0 Å². The molecule has 1 amide bonds. The molecule has 2 heterocycles. The van der Waals surface area contributed by atoms with Crippen molar-refractivity contribution in [2.24, 2.45) is 0 Å². The molecule has 1 aromatic heterocycles. The Bertz CT molecular complexity index is 1130. The largest absolute Gasteiger partial charge is 0.449 e. The number of carbonyl (C=O) groups excluding carboxylic acids is 2. The number of nitriles is 1. The molecule has 1 aliphatic rings. The van der Waals surface area contributed by atoms with Crippen LogP contribution in [-0.2, 0) is 19.6 Å². The molecule has 1 aliphatic heterocycles. The molecule has 1 unspecified atom stereocenters. The first-order chi connectivity index (χ1) is 14.7. The monoisotopic (exact) mass is 481 g/mol. The van der Waals surface area contributed by atoms with Crippen LogP contribution >= 0.6 is 22.9 Å². The number of piperidine rings is 1. The van der Waals surface area contributed by atoms with E-state index < -0.39 is 28.0 Å². The van der Waals surface area contributed by atoms with E-state index in [0.717, 1.165) is 19.3 Å². The maximum absolute atomic E-state index is 12.9. The second-order valence-corrected chi connectivity index (χ2v) is 10.2. The standard InChI is InChI=1S/C20H20ClN3O5S2/c1-13(18(25)23-19-14(12-22)7-10-30-19)29-20(26)16-11-15(5-6-17(16)21)31(27,28)24-8-3-2-4-9-24/h5-7,10-11,13H,2-4,8-9H2,1H3,(H,23,25). The van der Waals surface area contributed by atoms with Gasteiger partial charge >= 0.3 is 5.97 Å². The number of hydrogen-bond donors (Lipinski definition) is 1. The highest BCUT2D eigenvalue weighted by molar-refractivity contribution is 7.89. The zero-order valence-electron chi connectivity index (χ0n) is 16.6. The predicted molar refractivity (Wildman–Crippen MR) is 117 cm³/mol. The maximum atomic E-state index is 12.9. The molecule has 1 saturated heterocycles. The van der Waals surface area contributed by atoms with Gasteiger partial charge in [0, 0.05) is 13.1 Å². The molecule has 1 aromatic carbocycles. The first-order valence-corrected chi connectivity index (χ1v) is 12.2. The number of amides is 1. The molecule has 11 heteroatoms. The van der Waals surface area contributed by atoms with E-state index in [1.807, 2.05) is 6.07 Å². The van der Waals surface area contributed by atoms with Crippen LogP contribution in [0.3, 0.4) is 0 Å². The van der Waals surface area contributed by atoms with Gasteiger partial charge in [-0.05, 0) is 49.4 Å². The molecule has 1 atom stereocenters. The van der Waals surface area contributed by atoms with Gasteiger partial charge in [-0.2, -0.15) is 9.57 Å². The number of sulfonamides is 1. The number of anilines is 1. The van der Waals surface area contributed by atoms with Crippen molar-refractivity contribution in [2.75, 3.05) is 18.4 Å². The molecule has 1 N–H and O–H groups in total. The quantitative estimate of drug-likeness (QED) is 0.629. The van der Waals surface area contributed by atoms with Gasteiger partial charge in [0.15, 0.2) is 6.10 Å². The minimum Gasteiger partial charge on any atom is -0.449 e. The number of esters is 1. The average Bonchev–Trinajstić information content (AvgIpc) is 3.21. The Labute approximate surface area is 189 Å². The third-order valence-corrected chi connectivity index (χ3v) is 7.84. The Balaban J connectivity index is 1.74. The molecule has 8 nitrogen and oxygen atoms in total. The smallest absolute Gasteiger partial charge is 0.340 e. The van der Waals surface area contributed by atoms with Crippen LogP contribution in [0.15, 0.2) is 34.5 Å². The Morgan fingerprint density at radius 2 is 1.97 bits per heavy atom. The van der Waals surface area contributed by atoms with Crippen LogP contribution in [0.25, 0.3) is 0 Å². The zero-order chi connectivity index (χ0) is 22.6. The summed E-state index contributed by atoms with van der Waals surface area (Å²) in [5.74, 6) is -1.55. The summed E-state index contributed by atoms with van der Waals surface area (Å²) < 4.78 is 32.3. The molecule has 0 spiro atoms. The summed E-state index contributed by atoms with van der Waals surface area (Å²) >= 11 is 7.27. The third-order valence-electron chi connectivity index (χ3n) is 4.79. The Kier molecular flexibility index (Phi) is 7.33. The fraction of sp³-hybridized carbons (Fsp3) is 0.350. The van der Waals surface area contributed by atoms with E-state index in [9.17, 15) is 18.0 Å². The predicted octanol–water partition coefficient (Wildman–Crippen LogP) is 3.63. The van der Waals surface area contributed by atoms with Crippen LogP contribution in [0.5, 0.6) is 0 Å². The topological polar surface area (TPSA) is 117 Å². The SMILES string of the molecule is CC(OC(=O)c1cc(S(=O)(=O)N2CCCCC2)ccc1Cl)C(=O)Nc1sccc1C#N. The summed E-state index contributed by atoms with van der Waals surface area (Å²) in [4.78, 5) is 24.9. The van der Waals surface area contributed by atoms with Crippen molar-refractivity contribution in [2.45, 2.75) is 37.2 Å². The molecule has 0 bridgehead atoms. The normalized spacial score (nSPS) is 15.6. The van der Waals surface area contributed by atoms with Gasteiger partial charge in [-0.1, -0.05) is 18.0 Å². The zero-order valence-corrected chi connectivity index (χ0v) is 19.0. The van der Waals surface area contributed by atoms with Crippen molar-refractivity contribution >= 4 is 49.8 Å². The van der Waals surface area contributed by atoms with Gasteiger partial charge in [-0.15, -0.1) is 11.3 Å². The van der Waals surface area contributed by atoms with Crippen molar-refractivity contribution in [1.29, 1.82) is 5.26 Å². The van der Waals surface area contributed by atoms with E-state index in [0.29, 0.717) is 23.7 Å². The molecule has 2 aromatic rings. The summed E-state index contributed by atoms with van der Waals surface area (Å²) in [6, 6.07) is 7.35. The van der Waals surface area contributed by atoms with Crippen LogP contribution in [0.2, 0.25) is 5.02 Å². The second kappa shape index (κ2) is 9.78. The minimum absolute atomic E-state index is 0.0141. The molecule has 3 rings (SSSR count). The first-order valence-electron chi connectivity index (χ1n) is 9.53. The molecule has 0 aliphatic carbocycles. The van der Waals surface area contributed by atoms with Crippen molar-refractivity contribution in [3.05, 3.63) is 45.8 Å². The van der Waals surface area contributed by atoms with E-state index in [4.69, 9.17) is 21.6 Å². The number of rotatable bonds is 6. The van der Waals surface area contributed by atoms with Gasteiger partial charge in [-0.25, -0.2) is 13.2 Å². The lowest BCUT2D eigenvalue weighted by Gasteiger charge is -2.26. The average molecular weight is 482 g/mol. The lowest BCUT2D eigenvalue weighted by atomic mass is 10.2. The van der Waals surface area contributed by atoms with E-state index in [1.165, 1.54) is 40.8 Å². The Morgan fingerprint density at radius 1 is 1.26 bits per heavy atom.